The maximum atomic E-state index is 12.0. The fraction of sp³-hybridized carbons (Fsp3) is 0.222. The second-order valence-electron chi connectivity index (χ2n) is 5.22. The molecule has 1 unspecified atom stereocenters. The fourth-order valence-electron chi connectivity index (χ4n) is 1.96. The third-order valence-corrected chi connectivity index (χ3v) is 3.76. The highest BCUT2D eigenvalue weighted by Gasteiger charge is 2.19. The molecule has 0 radical (unpaired) electrons. The van der Waals surface area contributed by atoms with Gasteiger partial charge in [0, 0.05) is 16.8 Å². The van der Waals surface area contributed by atoms with Gasteiger partial charge < -0.3 is 19.5 Å². The SMILES string of the molecule is COc1cccc(NC(=O)COC(=O)C(C)Oc2ccc(Cl)cc2Cl)c1. The summed E-state index contributed by atoms with van der Waals surface area (Å²) in [6, 6.07) is 11.4. The van der Waals surface area contributed by atoms with Gasteiger partial charge in [0.15, 0.2) is 12.7 Å². The van der Waals surface area contributed by atoms with Crippen molar-refractivity contribution in [2.75, 3.05) is 19.0 Å². The number of esters is 1. The Morgan fingerprint density at radius 2 is 1.92 bits per heavy atom. The standard InChI is InChI=1S/C18H17Cl2NO5/c1-11(26-16-7-6-12(19)8-15(16)20)18(23)25-10-17(22)21-13-4-3-5-14(9-13)24-2/h3-9,11H,10H2,1-2H3,(H,21,22). The maximum Gasteiger partial charge on any atom is 0.347 e. The predicted octanol–water partition coefficient (Wildman–Crippen LogP) is 3.95. The molecule has 6 nitrogen and oxygen atoms in total. The minimum absolute atomic E-state index is 0.271. The lowest BCUT2D eigenvalue weighted by molar-refractivity contribution is -0.153. The molecule has 8 heteroatoms. The molecule has 2 rings (SSSR count). The van der Waals surface area contributed by atoms with E-state index in [1.165, 1.54) is 20.1 Å². The average Bonchev–Trinajstić information content (AvgIpc) is 2.62. The van der Waals surface area contributed by atoms with Crippen LogP contribution >= 0.6 is 23.2 Å². The monoisotopic (exact) mass is 397 g/mol. The molecule has 0 saturated carbocycles. The molecule has 0 aliphatic heterocycles. The van der Waals surface area contributed by atoms with Crippen molar-refractivity contribution in [1.29, 1.82) is 0 Å². The highest BCUT2D eigenvalue weighted by Crippen LogP contribution is 2.28. The van der Waals surface area contributed by atoms with E-state index in [4.69, 9.17) is 37.4 Å². The Labute approximate surface area is 160 Å². The number of hydrogen-bond donors (Lipinski definition) is 1. The van der Waals surface area contributed by atoms with Gasteiger partial charge in [-0.25, -0.2) is 4.79 Å². The Hall–Kier alpha value is -2.44. The molecule has 2 aromatic rings. The zero-order chi connectivity index (χ0) is 19.1. The number of anilines is 1. The Bertz CT molecular complexity index is 797. The molecule has 0 aromatic heterocycles. The molecule has 0 saturated heterocycles. The van der Waals surface area contributed by atoms with Gasteiger partial charge in [-0.3, -0.25) is 4.79 Å². The summed E-state index contributed by atoms with van der Waals surface area (Å²) in [7, 11) is 1.52. The number of ether oxygens (including phenoxy) is 3. The summed E-state index contributed by atoms with van der Waals surface area (Å²) in [6.07, 6.45) is -0.946. The predicted molar refractivity (Wildman–Crippen MR) is 99.1 cm³/mol. The van der Waals surface area contributed by atoms with E-state index in [9.17, 15) is 9.59 Å². The third kappa shape index (κ3) is 5.82. The van der Waals surface area contributed by atoms with Crippen LogP contribution < -0.4 is 14.8 Å². The third-order valence-electron chi connectivity index (χ3n) is 3.23. The van der Waals surface area contributed by atoms with Gasteiger partial charge in [0.1, 0.15) is 11.5 Å². The number of nitrogens with one attached hydrogen (secondary N) is 1. The number of benzene rings is 2. The van der Waals surface area contributed by atoms with Crippen molar-refractivity contribution in [3.05, 3.63) is 52.5 Å². The van der Waals surface area contributed by atoms with Crippen molar-refractivity contribution in [1.82, 2.24) is 0 Å². The zero-order valence-electron chi connectivity index (χ0n) is 14.1. The maximum absolute atomic E-state index is 12.0. The Kier molecular flexibility index (Phi) is 7.12. The minimum Gasteiger partial charge on any atom is -0.497 e. The normalized spacial score (nSPS) is 11.4. The average molecular weight is 398 g/mol. The Morgan fingerprint density at radius 1 is 1.15 bits per heavy atom. The van der Waals surface area contributed by atoms with Crippen LogP contribution in [0.4, 0.5) is 5.69 Å². The van der Waals surface area contributed by atoms with Gasteiger partial charge in [0.05, 0.1) is 12.1 Å². The van der Waals surface area contributed by atoms with Crippen LogP contribution in [0.25, 0.3) is 0 Å². The van der Waals surface area contributed by atoms with Crippen molar-refractivity contribution in [3.63, 3.8) is 0 Å². The van der Waals surface area contributed by atoms with Gasteiger partial charge >= 0.3 is 5.97 Å². The summed E-state index contributed by atoms with van der Waals surface area (Å²) in [6.45, 7) is 1.05. The van der Waals surface area contributed by atoms with Crippen LogP contribution in [-0.4, -0.2) is 31.7 Å². The number of methoxy groups -OCH3 is 1. The van der Waals surface area contributed by atoms with E-state index in [1.54, 1.807) is 36.4 Å². The minimum atomic E-state index is -0.946. The molecule has 0 aliphatic carbocycles. The van der Waals surface area contributed by atoms with Crippen LogP contribution in [0.2, 0.25) is 10.0 Å². The number of carbonyl (C=O) groups excluding carboxylic acids is 2. The van der Waals surface area contributed by atoms with Crippen LogP contribution in [-0.2, 0) is 14.3 Å². The smallest absolute Gasteiger partial charge is 0.347 e. The fourth-order valence-corrected chi connectivity index (χ4v) is 2.41. The lowest BCUT2D eigenvalue weighted by Gasteiger charge is -2.15. The lowest BCUT2D eigenvalue weighted by atomic mass is 10.3. The first-order chi connectivity index (χ1) is 12.4. The van der Waals surface area contributed by atoms with Gasteiger partial charge in [-0.15, -0.1) is 0 Å². The number of halogens is 2. The molecule has 0 fully saturated rings. The highest BCUT2D eigenvalue weighted by atomic mass is 35.5. The zero-order valence-corrected chi connectivity index (χ0v) is 15.6. The molecule has 1 N–H and O–H groups in total. The van der Waals surface area contributed by atoms with Crippen molar-refractivity contribution in [3.8, 4) is 11.5 Å². The molecule has 1 atom stereocenters. The topological polar surface area (TPSA) is 73.9 Å². The van der Waals surface area contributed by atoms with Crippen LogP contribution in [0.5, 0.6) is 11.5 Å². The van der Waals surface area contributed by atoms with Crippen LogP contribution in [0.1, 0.15) is 6.92 Å². The van der Waals surface area contributed by atoms with E-state index in [0.717, 1.165) is 0 Å². The number of carbonyl (C=O) groups is 2. The van der Waals surface area contributed by atoms with Crippen LogP contribution in [0.15, 0.2) is 42.5 Å². The Balaban J connectivity index is 1.83. The van der Waals surface area contributed by atoms with E-state index in [1.807, 2.05) is 0 Å². The molecular weight excluding hydrogens is 381 g/mol. The summed E-state index contributed by atoms with van der Waals surface area (Å²) in [4.78, 5) is 23.8. The van der Waals surface area contributed by atoms with Gasteiger partial charge in [0.2, 0.25) is 0 Å². The summed E-state index contributed by atoms with van der Waals surface area (Å²) in [5.41, 5.74) is 0.530. The first-order valence-corrected chi connectivity index (χ1v) is 8.37. The second-order valence-corrected chi connectivity index (χ2v) is 6.07. The first kappa shape index (κ1) is 19.9. The summed E-state index contributed by atoms with van der Waals surface area (Å²) < 4.78 is 15.5. The van der Waals surface area contributed by atoms with Crippen molar-refractivity contribution in [2.24, 2.45) is 0 Å². The van der Waals surface area contributed by atoms with Crippen molar-refractivity contribution >= 4 is 40.8 Å². The molecular formula is C18H17Cl2NO5. The highest BCUT2D eigenvalue weighted by molar-refractivity contribution is 6.35. The number of amides is 1. The Morgan fingerprint density at radius 3 is 2.62 bits per heavy atom. The van der Waals surface area contributed by atoms with E-state index in [-0.39, 0.29) is 5.02 Å². The van der Waals surface area contributed by atoms with E-state index < -0.39 is 24.6 Å². The largest absolute Gasteiger partial charge is 0.497 e. The van der Waals surface area contributed by atoms with E-state index >= 15 is 0 Å². The molecule has 0 heterocycles. The summed E-state index contributed by atoms with van der Waals surface area (Å²) in [5, 5.41) is 3.33. The van der Waals surface area contributed by atoms with Crippen molar-refractivity contribution < 1.29 is 23.8 Å². The molecule has 0 aliphatic rings. The van der Waals surface area contributed by atoms with Gasteiger partial charge in [-0.05, 0) is 37.3 Å². The quantitative estimate of drug-likeness (QED) is 0.715. The van der Waals surface area contributed by atoms with Gasteiger partial charge in [0.25, 0.3) is 5.91 Å². The molecule has 1 amide bonds. The summed E-state index contributed by atoms with van der Waals surface area (Å²) in [5.74, 6) is -0.289. The van der Waals surface area contributed by atoms with Gasteiger partial charge in [-0.2, -0.15) is 0 Å². The number of rotatable bonds is 7. The van der Waals surface area contributed by atoms with Gasteiger partial charge in [-0.1, -0.05) is 29.3 Å². The lowest BCUT2D eigenvalue weighted by Crippen LogP contribution is -2.29. The van der Waals surface area contributed by atoms with Crippen LogP contribution in [0, 0.1) is 0 Å². The molecule has 26 heavy (non-hydrogen) atoms. The molecule has 0 spiro atoms. The van der Waals surface area contributed by atoms with E-state index in [0.29, 0.717) is 22.2 Å². The molecule has 0 bridgehead atoms. The molecule has 2 aromatic carbocycles. The van der Waals surface area contributed by atoms with E-state index in [2.05, 4.69) is 5.32 Å². The second kappa shape index (κ2) is 9.31. The van der Waals surface area contributed by atoms with Crippen LogP contribution in [0.3, 0.4) is 0 Å². The summed E-state index contributed by atoms with van der Waals surface area (Å²) >= 11 is 11.8. The number of hydrogen-bond acceptors (Lipinski definition) is 5. The van der Waals surface area contributed by atoms with Crippen molar-refractivity contribution in [2.45, 2.75) is 13.0 Å². The first-order valence-electron chi connectivity index (χ1n) is 7.61. The molecule has 138 valence electrons.